The molecule has 0 aliphatic heterocycles. The van der Waals surface area contributed by atoms with Crippen molar-refractivity contribution in [2.45, 2.75) is 26.4 Å². The fraction of sp³-hybridized carbons (Fsp3) is 0.222. The van der Waals surface area contributed by atoms with Crippen LogP contribution in [0.1, 0.15) is 26.0 Å². The summed E-state index contributed by atoms with van der Waals surface area (Å²) in [4.78, 5) is 11.9. The van der Waals surface area contributed by atoms with E-state index in [0.717, 1.165) is 0 Å². The van der Waals surface area contributed by atoms with Crippen LogP contribution in [0, 0.1) is 11.3 Å². The second kappa shape index (κ2) is 8.05. The molecule has 0 saturated heterocycles. The minimum Gasteiger partial charge on any atom is -0.459 e. The molecule has 0 radical (unpaired) electrons. The molecule has 0 bridgehead atoms. The topological polar surface area (TPSA) is 63.2 Å². The Morgan fingerprint density at radius 2 is 2.12 bits per heavy atom. The molecule has 0 fully saturated rings. The van der Waals surface area contributed by atoms with E-state index in [0.29, 0.717) is 33.6 Å². The summed E-state index contributed by atoms with van der Waals surface area (Å²) in [5, 5.41) is 10.1. The van der Waals surface area contributed by atoms with Gasteiger partial charge in [-0.1, -0.05) is 30.1 Å². The first-order chi connectivity index (χ1) is 11.4. The Bertz CT molecular complexity index is 818. The van der Waals surface area contributed by atoms with Crippen LogP contribution in [0.3, 0.4) is 0 Å². The van der Waals surface area contributed by atoms with E-state index >= 15 is 0 Å². The summed E-state index contributed by atoms with van der Waals surface area (Å²) in [6.45, 7) is 3.66. The lowest BCUT2D eigenvalue weighted by molar-refractivity contribution is -0.142. The quantitative estimate of drug-likeness (QED) is 0.399. The van der Waals surface area contributed by atoms with Gasteiger partial charge in [0.25, 0.3) is 0 Å². The number of halogens is 2. The molecule has 1 aromatic carbocycles. The lowest BCUT2D eigenvalue weighted by atomic mass is 10.2. The maximum atomic E-state index is 11.9. The highest BCUT2D eigenvalue weighted by Gasteiger charge is 2.15. The van der Waals surface area contributed by atoms with Crippen molar-refractivity contribution in [3.05, 3.63) is 51.7 Å². The second-order valence-corrected chi connectivity index (χ2v) is 5.96. The van der Waals surface area contributed by atoms with Gasteiger partial charge >= 0.3 is 5.97 Å². The van der Waals surface area contributed by atoms with E-state index < -0.39 is 5.97 Å². The maximum Gasteiger partial charge on any atom is 0.349 e. The first kappa shape index (κ1) is 18.1. The molecule has 6 heteroatoms. The number of hydrogen-bond donors (Lipinski definition) is 0. The third-order valence-electron chi connectivity index (χ3n) is 3.33. The second-order valence-electron chi connectivity index (χ2n) is 5.12. The minimum atomic E-state index is -0.672. The summed E-state index contributed by atoms with van der Waals surface area (Å²) in [6.07, 6.45) is 1.76. The van der Waals surface area contributed by atoms with Crippen LogP contribution >= 0.6 is 23.2 Å². The van der Waals surface area contributed by atoms with Crippen molar-refractivity contribution in [1.29, 1.82) is 5.26 Å². The average Bonchev–Trinajstić information content (AvgIpc) is 3.00. The molecular weight excluding hydrogens is 349 g/mol. The number of carbonyl (C=O) groups excluding carboxylic acids is 1. The fourth-order valence-corrected chi connectivity index (χ4v) is 2.37. The third-order valence-corrected chi connectivity index (χ3v) is 3.88. The molecular formula is C18H15Cl2NO3. The van der Waals surface area contributed by atoms with Gasteiger partial charge in [0.15, 0.2) is 0 Å². The van der Waals surface area contributed by atoms with Crippen LogP contribution in [-0.4, -0.2) is 12.1 Å². The lowest BCUT2D eigenvalue weighted by Crippen LogP contribution is -2.15. The molecule has 4 nitrogen and oxygen atoms in total. The Morgan fingerprint density at radius 3 is 2.75 bits per heavy atom. The van der Waals surface area contributed by atoms with Crippen LogP contribution < -0.4 is 0 Å². The van der Waals surface area contributed by atoms with E-state index in [1.165, 1.54) is 6.08 Å². The van der Waals surface area contributed by atoms with Crippen LogP contribution in [0.25, 0.3) is 17.4 Å². The van der Waals surface area contributed by atoms with Gasteiger partial charge in [-0.2, -0.15) is 5.26 Å². The zero-order chi connectivity index (χ0) is 17.7. The first-order valence-electron chi connectivity index (χ1n) is 7.32. The van der Waals surface area contributed by atoms with Crippen molar-refractivity contribution in [3.63, 3.8) is 0 Å². The predicted molar refractivity (Wildman–Crippen MR) is 93.6 cm³/mol. The van der Waals surface area contributed by atoms with Gasteiger partial charge in [-0.15, -0.1) is 0 Å². The summed E-state index contributed by atoms with van der Waals surface area (Å²) in [7, 11) is 0. The summed E-state index contributed by atoms with van der Waals surface area (Å²) in [5.41, 5.74) is 0.541. The Labute approximate surface area is 150 Å². The summed E-state index contributed by atoms with van der Waals surface area (Å²) in [5.74, 6) is 0.193. The van der Waals surface area contributed by atoms with E-state index in [4.69, 9.17) is 37.6 Å². The molecule has 0 aliphatic rings. The summed E-state index contributed by atoms with van der Waals surface area (Å²) >= 11 is 12.0. The standard InChI is InChI=1S/C18H15Cl2NO3/c1-3-11(2)23-18(22)12(10-21)8-14-5-7-17(24-14)15-6-4-13(19)9-16(15)20/h4-9,11H,3H2,1-2H3. The van der Waals surface area contributed by atoms with Crippen molar-refractivity contribution in [1.82, 2.24) is 0 Å². The number of rotatable bonds is 5. The number of furan rings is 1. The van der Waals surface area contributed by atoms with Gasteiger partial charge in [-0.3, -0.25) is 0 Å². The van der Waals surface area contributed by atoms with Crippen LogP contribution in [-0.2, 0) is 9.53 Å². The molecule has 24 heavy (non-hydrogen) atoms. The first-order valence-corrected chi connectivity index (χ1v) is 8.08. The highest BCUT2D eigenvalue weighted by Crippen LogP contribution is 2.32. The van der Waals surface area contributed by atoms with Gasteiger partial charge < -0.3 is 9.15 Å². The Hall–Kier alpha value is -2.22. The number of benzene rings is 1. The van der Waals surface area contributed by atoms with E-state index in [1.807, 2.05) is 13.0 Å². The van der Waals surface area contributed by atoms with Crippen molar-refractivity contribution in [3.8, 4) is 17.4 Å². The maximum absolute atomic E-state index is 11.9. The van der Waals surface area contributed by atoms with Gasteiger partial charge in [0.1, 0.15) is 23.2 Å². The largest absolute Gasteiger partial charge is 0.459 e. The number of nitriles is 1. The Kier molecular flexibility index (Phi) is 6.08. The lowest BCUT2D eigenvalue weighted by Gasteiger charge is -2.09. The molecule has 124 valence electrons. The van der Waals surface area contributed by atoms with Gasteiger partial charge in [0.2, 0.25) is 0 Å². The predicted octanol–water partition coefficient (Wildman–Crippen LogP) is 5.50. The Morgan fingerprint density at radius 1 is 1.38 bits per heavy atom. The highest BCUT2D eigenvalue weighted by molar-refractivity contribution is 6.36. The minimum absolute atomic E-state index is 0.126. The van der Waals surface area contributed by atoms with Crippen LogP contribution in [0.4, 0.5) is 0 Å². The summed E-state index contributed by atoms with van der Waals surface area (Å²) in [6, 6.07) is 10.2. The Balaban J connectivity index is 2.26. The fourth-order valence-electron chi connectivity index (χ4n) is 1.87. The molecule has 0 spiro atoms. The normalized spacial score (nSPS) is 12.5. The smallest absolute Gasteiger partial charge is 0.349 e. The van der Waals surface area contributed by atoms with E-state index in [1.54, 1.807) is 37.3 Å². The van der Waals surface area contributed by atoms with Crippen molar-refractivity contribution in [2.75, 3.05) is 0 Å². The van der Waals surface area contributed by atoms with Crippen molar-refractivity contribution in [2.24, 2.45) is 0 Å². The van der Waals surface area contributed by atoms with Crippen molar-refractivity contribution < 1.29 is 13.9 Å². The van der Waals surface area contributed by atoms with Gasteiger partial charge in [-0.25, -0.2) is 4.79 Å². The number of esters is 1. The monoisotopic (exact) mass is 363 g/mol. The molecule has 1 unspecified atom stereocenters. The number of carbonyl (C=O) groups is 1. The molecule has 0 amide bonds. The number of ether oxygens (including phenoxy) is 1. The van der Waals surface area contributed by atoms with Gasteiger partial charge in [0, 0.05) is 16.7 Å². The van der Waals surface area contributed by atoms with Crippen LogP contribution in [0.2, 0.25) is 10.0 Å². The number of hydrogen-bond acceptors (Lipinski definition) is 4. The van der Waals surface area contributed by atoms with Gasteiger partial charge in [0.05, 0.1) is 11.1 Å². The molecule has 1 heterocycles. The zero-order valence-electron chi connectivity index (χ0n) is 13.2. The third kappa shape index (κ3) is 4.41. The molecule has 1 atom stereocenters. The van der Waals surface area contributed by atoms with Crippen LogP contribution in [0.5, 0.6) is 0 Å². The van der Waals surface area contributed by atoms with Crippen molar-refractivity contribution >= 4 is 35.2 Å². The van der Waals surface area contributed by atoms with Gasteiger partial charge in [-0.05, 0) is 43.7 Å². The molecule has 0 aliphatic carbocycles. The SMILES string of the molecule is CCC(C)OC(=O)C(C#N)=Cc1ccc(-c2ccc(Cl)cc2Cl)o1. The molecule has 2 aromatic rings. The molecule has 1 aromatic heterocycles. The average molecular weight is 364 g/mol. The molecule has 2 rings (SSSR count). The van der Waals surface area contributed by atoms with Crippen LogP contribution in [0.15, 0.2) is 40.3 Å². The molecule has 0 saturated carbocycles. The number of nitrogens with zero attached hydrogens (tertiary/aromatic N) is 1. The molecule has 0 N–H and O–H groups in total. The van der Waals surface area contributed by atoms with E-state index in [9.17, 15) is 4.79 Å². The van der Waals surface area contributed by atoms with E-state index in [-0.39, 0.29) is 11.7 Å². The highest BCUT2D eigenvalue weighted by atomic mass is 35.5. The zero-order valence-corrected chi connectivity index (χ0v) is 14.7. The van der Waals surface area contributed by atoms with E-state index in [2.05, 4.69) is 0 Å². The summed E-state index contributed by atoms with van der Waals surface area (Å²) < 4.78 is 10.8.